The molecule has 7 heteroatoms. The van der Waals surface area contributed by atoms with Crippen LogP contribution in [0, 0.1) is 5.82 Å². The maximum absolute atomic E-state index is 13.4. The molecule has 3 nitrogen and oxygen atoms in total. The van der Waals surface area contributed by atoms with Gasteiger partial charge in [-0.15, -0.1) is 0 Å². The lowest BCUT2D eigenvalue weighted by atomic mass is 10.1. The highest BCUT2D eigenvalue weighted by molar-refractivity contribution is 5.29. The first-order valence-corrected chi connectivity index (χ1v) is 5.54. The number of hydrogen-bond acceptors (Lipinski definition) is 3. The topological polar surface area (TPSA) is 38.7 Å². The van der Waals surface area contributed by atoms with Crippen LogP contribution < -0.4 is 4.74 Å². The molecule has 0 aromatic heterocycles. The van der Waals surface area contributed by atoms with Gasteiger partial charge in [0, 0.05) is 11.6 Å². The molecule has 0 aliphatic rings. The van der Waals surface area contributed by atoms with E-state index >= 15 is 0 Å². The Morgan fingerprint density at radius 2 is 1.95 bits per heavy atom. The Morgan fingerprint density at radius 3 is 2.47 bits per heavy atom. The third kappa shape index (κ3) is 5.89. The van der Waals surface area contributed by atoms with E-state index in [1.165, 1.54) is 19.1 Å². The lowest BCUT2D eigenvalue weighted by Gasteiger charge is -2.11. The van der Waals surface area contributed by atoms with E-state index in [-0.39, 0.29) is 24.5 Å². The van der Waals surface area contributed by atoms with Crippen LogP contribution in [0.1, 0.15) is 18.6 Å². The Balaban J connectivity index is 2.36. The van der Waals surface area contributed by atoms with Gasteiger partial charge in [0.05, 0.1) is 12.7 Å². The van der Waals surface area contributed by atoms with E-state index in [4.69, 9.17) is 4.74 Å². The number of aliphatic hydroxyl groups excluding tert-OH is 1. The Hall–Kier alpha value is -1.34. The minimum absolute atomic E-state index is 0.121. The monoisotopic (exact) mass is 282 g/mol. The van der Waals surface area contributed by atoms with Gasteiger partial charge in [-0.3, -0.25) is 0 Å². The second-order valence-corrected chi connectivity index (χ2v) is 3.88. The molecule has 0 amide bonds. The van der Waals surface area contributed by atoms with Gasteiger partial charge in [0.25, 0.3) is 0 Å². The molecule has 108 valence electrons. The number of rotatable bonds is 6. The summed E-state index contributed by atoms with van der Waals surface area (Å²) >= 11 is 0. The summed E-state index contributed by atoms with van der Waals surface area (Å²) in [6.07, 6.45) is -5.31. The molecule has 0 aliphatic heterocycles. The second kappa shape index (κ2) is 6.72. The fraction of sp³-hybridized carbons (Fsp3) is 0.500. The van der Waals surface area contributed by atoms with Crippen LogP contribution in [0.25, 0.3) is 0 Å². The van der Waals surface area contributed by atoms with Gasteiger partial charge in [-0.05, 0) is 19.1 Å². The van der Waals surface area contributed by atoms with Gasteiger partial charge in [-0.2, -0.15) is 13.2 Å². The fourth-order valence-corrected chi connectivity index (χ4v) is 1.34. The van der Waals surface area contributed by atoms with Crippen molar-refractivity contribution < 1.29 is 32.1 Å². The van der Waals surface area contributed by atoms with Crippen molar-refractivity contribution in [3.63, 3.8) is 0 Å². The first-order valence-electron chi connectivity index (χ1n) is 5.54. The molecule has 0 spiro atoms. The highest BCUT2D eigenvalue weighted by atomic mass is 19.4. The van der Waals surface area contributed by atoms with Gasteiger partial charge in [0.1, 0.15) is 24.8 Å². The number of halogens is 4. The summed E-state index contributed by atoms with van der Waals surface area (Å²) in [6.45, 7) is -0.293. The number of alkyl halides is 3. The molecule has 1 atom stereocenters. The van der Waals surface area contributed by atoms with Crippen molar-refractivity contribution in [1.29, 1.82) is 0 Å². The molecule has 0 aliphatic carbocycles. The normalized spacial score (nSPS) is 13.4. The average Bonchev–Trinajstić information content (AvgIpc) is 2.26. The summed E-state index contributed by atoms with van der Waals surface area (Å²) in [5.41, 5.74) is 0.126. The molecular weight excluding hydrogens is 268 g/mol. The van der Waals surface area contributed by atoms with E-state index in [1.807, 2.05) is 0 Å². The van der Waals surface area contributed by atoms with Crippen molar-refractivity contribution in [3.8, 4) is 5.75 Å². The molecule has 1 N–H and O–H groups in total. The maximum Gasteiger partial charge on any atom is 0.411 e. The zero-order valence-electron chi connectivity index (χ0n) is 10.2. The highest BCUT2D eigenvalue weighted by Gasteiger charge is 2.27. The summed E-state index contributed by atoms with van der Waals surface area (Å²) in [5.74, 6) is -0.471. The number of aliphatic hydroxyl groups is 1. The molecule has 1 rings (SSSR count). The summed E-state index contributed by atoms with van der Waals surface area (Å²) in [5, 5.41) is 9.21. The van der Waals surface area contributed by atoms with Crippen molar-refractivity contribution in [1.82, 2.24) is 0 Å². The zero-order valence-corrected chi connectivity index (χ0v) is 10.2. The van der Waals surface area contributed by atoms with Crippen LogP contribution in [0.2, 0.25) is 0 Å². The molecular formula is C12H14F4O3. The van der Waals surface area contributed by atoms with Crippen LogP contribution in [-0.2, 0) is 4.74 Å². The minimum Gasteiger partial charge on any atom is -0.491 e. The number of ether oxygens (including phenoxy) is 2. The lowest BCUT2D eigenvalue weighted by molar-refractivity contribution is -0.175. The van der Waals surface area contributed by atoms with E-state index < -0.39 is 24.7 Å². The van der Waals surface area contributed by atoms with Gasteiger partial charge in [0.15, 0.2) is 0 Å². The van der Waals surface area contributed by atoms with Crippen LogP contribution in [0.4, 0.5) is 17.6 Å². The van der Waals surface area contributed by atoms with Crippen LogP contribution in [-0.4, -0.2) is 31.1 Å². The van der Waals surface area contributed by atoms with Gasteiger partial charge in [-0.1, -0.05) is 0 Å². The third-order valence-corrected chi connectivity index (χ3v) is 2.18. The number of benzene rings is 1. The summed E-state index contributed by atoms with van der Waals surface area (Å²) in [7, 11) is 0. The summed E-state index contributed by atoms with van der Waals surface area (Å²) in [4.78, 5) is 0. The van der Waals surface area contributed by atoms with E-state index in [0.717, 1.165) is 6.07 Å². The second-order valence-electron chi connectivity index (χ2n) is 3.88. The minimum atomic E-state index is -4.37. The molecule has 0 bridgehead atoms. The van der Waals surface area contributed by atoms with Gasteiger partial charge < -0.3 is 14.6 Å². The first-order chi connectivity index (χ1) is 8.79. The maximum atomic E-state index is 13.4. The Morgan fingerprint density at radius 1 is 1.26 bits per heavy atom. The fourth-order valence-electron chi connectivity index (χ4n) is 1.34. The van der Waals surface area contributed by atoms with Crippen molar-refractivity contribution in [2.45, 2.75) is 19.2 Å². The lowest BCUT2D eigenvalue weighted by Crippen LogP contribution is -2.19. The van der Waals surface area contributed by atoms with E-state index in [2.05, 4.69) is 4.74 Å². The summed E-state index contributed by atoms with van der Waals surface area (Å²) < 4.78 is 58.0. The molecule has 0 heterocycles. The smallest absolute Gasteiger partial charge is 0.411 e. The molecule has 19 heavy (non-hydrogen) atoms. The van der Waals surface area contributed by atoms with E-state index in [9.17, 15) is 22.7 Å². The highest BCUT2D eigenvalue weighted by Crippen LogP contribution is 2.21. The Labute approximate surface area is 107 Å². The van der Waals surface area contributed by atoms with Gasteiger partial charge >= 0.3 is 6.18 Å². The quantitative estimate of drug-likeness (QED) is 0.644. The number of hydrogen-bond donors (Lipinski definition) is 1. The van der Waals surface area contributed by atoms with Gasteiger partial charge in [0.2, 0.25) is 0 Å². The van der Waals surface area contributed by atoms with Gasteiger partial charge in [-0.25, -0.2) is 4.39 Å². The largest absolute Gasteiger partial charge is 0.491 e. The molecule has 0 radical (unpaired) electrons. The SMILES string of the molecule is C[C@@H](O)c1ccc(OCCOCC(F)(F)F)cc1F. The molecule has 0 fully saturated rings. The standard InChI is InChI=1S/C12H14F4O3/c1-8(17)10-3-2-9(6-11(10)13)19-5-4-18-7-12(14,15)16/h2-3,6,8,17H,4-5,7H2,1H3/t8-/m1/s1. The van der Waals surface area contributed by atoms with Crippen molar-refractivity contribution in [3.05, 3.63) is 29.6 Å². The Bertz CT molecular complexity index is 404. The predicted octanol–water partition coefficient (Wildman–Crippen LogP) is 2.84. The van der Waals surface area contributed by atoms with Crippen molar-refractivity contribution in [2.24, 2.45) is 0 Å². The Kier molecular flexibility index (Phi) is 5.56. The molecule has 0 unspecified atom stereocenters. The average molecular weight is 282 g/mol. The zero-order chi connectivity index (χ0) is 14.5. The predicted molar refractivity (Wildman–Crippen MR) is 59.4 cm³/mol. The van der Waals surface area contributed by atoms with Crippen molar-refractivity contribution >= 4 is 0 Å². The first kappa shape index (κ1) is 15.7. The van der Waals surface area contributed by atoms with Crippen LogP contribution in [0.15, 0.2) is 18.2 Å². The molecule has 1 aromatic rings. The molecule has 0 saturated carbocycles. The van der Waals surface area contributed by atoms with Crippen LogP contribution >= 0.6 is 0 Å². The van der Waals surface area contributed by atoms with E-state index in [0.29, 0.717) is 0 Å². The molecule has 1 aromatic carbocycles. The summed E-state index contributed by atoms with van der Waals surface area (Å²) in [6, 6.07) is 3.84. The van der Waals surface area contributed by atoms with Crippen LogP contribution in [0.5, 0.6) is 5.75 Å². The third-order valence-electron chi connectivity index (χ3n) is 2.18. The molecule has 0 saturated heterocycles. The van der Waals surface area contributed by atoms with E-state index in [1.54, 1.807) is 0 Å². The van der Waals surface area contributed by atoms with Crippen LogP contribution in [0.3, 0.4) is 0 Å². The van der Waals surface area contributed by atoms with Crippen molar-refractivity contribution in [2.75, 3.05) is 19.8 Å².